The summed E-state index contributed by atoms with van der Waals surface area (Å²) in [6, 6.07) is 9.67. The highest BCUT2D eigenvalue weighted by Crippen LogP contribution is 2.28. The molecule has 2 aromatic rings. The summed E-state index contributed by atoms with van der Waals surface area (Å²) in [5.41, 5.74) is 3.23. The Labute approximate surface area is 145 Å². The molecule has 0 aliphatic heterocycles. The number of hydrogen-bond donors (Lipinski definition) is 1. The van der Waals surface area contributed by atoms with E-state index in [2.05, 4.69) is 5.10 Å². The summed E-state index contributed by atoms with van der Waals surface area (Å²) in [6.07, 6.45) is 2.62. The number of hydrogen-bond acceptors (Lipinski definition) is 4. The second kappa shape index (κ2) is 7.48. The predicted molar refractivity (Wildman–Crippen MR) is 91.0 cm³/mol. The molecule has 0 spiro atoms. The number of aliphatic carboxylic acids is 1. The summed E-state index contributed by atoms with van der Waals surface area (Å²) in [4.78, 5) is 25.3. The number of para-hydroxylation sites is 1. The fourth-order valence-electron chi connectivity index (χ4n) is 3.16. The van der Waals surface area contributed by atoms with E-state index in [1.165, 1.54) is 12.0 Å². The first-order valence-electron chi connectivity index (χ1n) is 8.28. The monoisotopic (exact) mass is 343 g/mol. The van der Waals surface area contributed by atoms with Crippen LogP contribution in [0.5, 0.6) is 0 Å². The van der Waals surface area contributed by atoms with Gasteiger partial charge in [-0.15, -0.1) is 0 Å². The van der Waals surface area contributed by atoms with Crippen molar-refractivity contribution in [3.8, 4) is 5.69 Å². The summed E-state index contributed by atoms with van der Waals surface area (Å²) in [7, 11) is 1.52. The van der Waals surface area contributed by atoms with E-state index in [0.717, 1.165) is 36.2 Å². The number of carboxylic acids is 1. The minimum Gasteiger partial charge on any atom is -0.480 e. The van der Waals surface area contributed by atoms with Gasteiger partial charge in [0.05, 0.1) is 12.3 Å². The van der Waals surface area contributed by atoms with Crippen molar-refractivity contribution >= 4 is 11.9 Å². The van der Waals surface area contributed by atoms with Crippen LogP contribution in [0.1, 0.15) is 28.2 Å². The number of amides is 1. The number of ether oxygens (including phenoxy) is 1. The Kier molecular flexibility index (Phi) is 5.14. The molecule has 25 heavy (non-hydrogen) atoms. The van der Waals surface area contributed by atoms with Gasteiger partial charge < -0.3 is 14.7 Å². The number of rotatable bonds is 7. The van der Waals surface area contributed by atoms with Crippen LogP contribution in [0.4, 0.5) is 0 Å². The van der Waals surface area contributed by atoms with Crippen molar-refractivity contribution < 1.29 is 19.4 Å². The number of aromatic nitrogens is 2. The summed E-state index contributed by atoms with van der Waals surface area (Å²) < 4.78 is 6.81. The summed E-state index contributed by atoms with van der Waals surface area (Å²) in [6.45, 7) is 0.129. The van der Waals surface area contributed by atoms with Crippen LogP contribution in [0.2, 0.25) is 0 Å². The van der Waals surface area contributed by atoms with Gasteiger partial charge in [-0.05, 0) is 31.4 Å². The Morgan fingerprint density at radius 2 is 2.04 bits per heavy atom. The molecule has 0 bridgehead atoms. The third kappa shape index (κ3) is 3.56. The van der Waals surface area contributed by atoms with Crippen molar-refractivity contribution in [1.82, 2.24) is 14.7 Å². The number of nitrogens with zero attached hydrogens (tertiary/aromatic N) is 3. The van der Waals surface area contributed by atoms with E-state index in [0.29, 0.717) is 5.69 Å². The lowest BCUT2D eigenvalue weighted by atomic mass is 10.2. The van der Waals surface area contributed by atoms with Crippen LogP contribution in [-0.4, -0.2) is 58.5 Å². The summed E-state index contributed by atoms with van der Waals surface area (Å²) in [5, 5.41) is 13.6. The minimum absolute atomic E-state index is 0.217. The van der Waals surface area contributed by atoms with Gasteiger partial charge in [-0.2, -0.15) is 5.10 Å². The van der Waals surface area contributed by atoms with Crippen LogP contribution in [0, 0.1) is 0 Å². The fraction of sp³-hybridized carbons (Fsp3) is 0.389. The van der Waals surface area contributed by atoms with E-state index >= 15 is 0 Å². The van der Waals surface area contributed by atoms with E-state index in [9.17, 15) is 9.59 Å². The summed E-state index contributed by atoms with van der Waals surface area (Å²) in [5.74, 6) is -1.41. The second-order valence-electron chi connectivity index (χ2n) is 5.99. The molecule has 7 heteroatoms. The Morgan fingerprint density at radius 3 is 2.72 bits per heavy atom. The Hall–Kier alpha value is -2.67. The van der Waals surface area contributed by atoms with Crippen molar-refractivity contribution in [2.45, 2.75) is 19.3 Å². The van der Waals surface area contributed by atoms with Gasteiger partial charge in [0.25, 0.3) is 5.91 Å². The standard InChI is InChI=1S/C18H21N3O4/c1-25-11-10-20(12-16(22)23)18(24)17-14-8-5-9-15(14)21(19-17)13-6-3-2-4-7-13/h2-4,6-7H,5,8-12H2,1H3,(H,22,23). The molecule has 1 aliphatic carbocycles. The van der Waals surface area contributed by atoms with Gasteiger partial charge in [-0.1, -0.05) is 18.2 Å². The van der Waals surface area contributed by atoms with E-state index in [1.807, 2.05) is 35.0 Å². The van der Waals surface area contributed by atoms with Gasteiger partial charge in [-0.3, -0.25) is 9.59 Å². The molecule has 1 aliphatic rings. The second-order valence-corrected chi connectivity index (χ2v) is 5.99. The topological polar surface area (TPSA) is 84.7 Å². The molecule has 3 rings (SSSR count). The Morgan fingerprint density at radius 1 is 1.28 bits per heavy atom. The van der Waals surface area contributed by atoms with Crippen LogP contribution in [0.15, 0.2) is 30.3 Å². The van der Waals surface area contributed by atoms with Gasteiger partial charge in [0.1, 0.15) is 6.54 Å². The zero-order chi connectivity index (χ0) is 17.8. The molecule has 1 amide bonds. The number of benzene rings is 1. The lowest BCUT2D eigenvalue weighted by Crippen LogP contribution is -2.38. The smallest absolute Gasteiger partial charge is 0.323 e. The third-order valence-electron chi connectivity index (χ3n) is 4.31. The number of fused-ring (bicyclic) bond motifs is 1. The third-order valence-corrected chi connectivity index (χ3v) is 4.31. The molecule has 0 radical (unpaired) electrons. The highest BCUT2D eigenvalue weighted by molar-refractivity contribution is 5.96. The molecular weight excluding hydrogens is 322 g/mol. The minimum atomic E-state index is -1.05. The van der Waals surface area contributed by atoms with Crippen molar-refractivity contribution in [3.63, 3.8) is 0 Å². The molecular formula is C18H21N3O4. The molecule has 0 saturated heterocycles. The van der Waals surface area contributed by atoms with Crippen molar-refractivity contribution in [1.29, 1.82) is 0 Å². The van der Waals surface area contributed by atoms with Crippen molar-refractivity contribution in [2.24, 2.45) is 0 Å². The highest BCUT2D eigenvalue weighted by atomic mass is 16.5. The van der Waals surface area contributed by atoms with E-state index < -0.39 is 5.97 Å². The molecule has 0 saturated carbocycles. The maximum Gasteiger partial charge on any atom is 0.323 e. The largest absolute Gasteiger partial charge is 0.480 e. The zero-order valence-electron chi connectivity index (χ0n) is 14.1. The first-order valence-corrected chi connectivity index (χ1v) is 8.28. The maximum atomic E-state index is 12.9. The number of carbonyl (C=O) groups excluding carboxylic acids is 1. The number of methoxy groups -OCH3 is 1. The SMILES string of the molecule is COCCN(CC(=O)O)C(=O)c1nn(-c2ccccc2)c2c1CCC2. The average molecular weight is 343 g/mol. The Balaban J connectivity index is 1.96. The molecule has 0 atom stereocenters. The molecule has 0 fully saturated rings. The molecule has 1 heterocycles. The average Bonchev–Trinajstić information content (AvgIpc) is 3.21. The quantitative estimate of drug-likeness (QED) is 0.824. The zero-order valence-corrected chi connectivity index (χ0v) is 14.1. The number of carbonyl (C=O) groups is 2. The van der Waals surface area contributed by atoms with Gasteiger partial charge in [0, 0.05) is 24.9 Å². The summed E-state index contributed by atoms with van der Waals surface area (Å²) >= 11 is 0. The number of carboxylic acid groups (broad SMARTS) is 1. The van der Waals surface area contributed by atoms with Crippen LogP contribution in [0.25, 0.3) is 5.69 Å². The fourth-order valence-corrected chi connectivity index (χ4v) is 3.16. The maximum absolute atomic E-state index is 12.9. The first-order chi connectivity index (χ1) is 12.1. The van der Waals surface area contributed by atoms with Gasteiger partial charge >= 0.3 is 5.97 Å². The molecule has 1 N–H and O–H groups in total. The van der Waals surface area contributed by atoms with Crippen LogP contribution in [-0.2, 0) is 22.4 Å². The predicted octanol–water partition coefficient (Wildman–Crippen LogP) is 1.53. The van der Waals surface area contributed by atoms with Gasteiger partial charge in [0.15, 0.2) is 5.69 Å². The van der Waals surface area contributed by atoms with Gasteiger partial charge in [-0.25, -0.2) is 4.68 Å². The first kappa shape index (κ1) is 17.2. The van der Waals surface area contributed by atoms with Crippen LogP contribution >= 0.6 is 0 Å². The van der Waals surface area contributed by atoms with Crippen molar-refractivity contribution in [2.75, 3.05) is 26.8 Å². The lowest BCUT2D eigenvalue weighted by Gasteiger charge is -2.19. The molecule has 0 unspecified atom stereocenters. The Bertz CT molecular complexity index is 770. The van der Waals surface area contributed by atoms with E-state index in [4.69, 9.17) is 9.84 Å². The van der Waals surface area contributed by atoms with Crippen LogP contribution < -0.4 is 0 Å². The molecule has 7 nitrogen and oxygen atoms in total. The van der Waals surface area contributed by atoms with Crippen LogP contribution in [0.3, 0.4) is 0 Å². The van der Waals surface area contributed by atoms with E-state index in [-0.39, 0.29) is 25.6 Å². The molecule has 1 aromatic heterocycles. The lowest BCUT2D eigenvalue weighted by molar-refractivity contribution is -0.137. The molecule has 132 valence electrons. The van der Waals surface area contributed by atoms with Crippen molar-refractivity contribution in [3.05, 3.63) is 47.3 Å². The molecule has 1 aromatic carbocycles. The highest BCUT2D eigenvalue weighted by Gasteiger charge is 2.30. The van der Waals surface area contributed by atoms with E-state index in [1.54, 1.807) is 0 Å². The normalized spacial score (nSPS) is 12.8. The van der Waals surface area contributed by atoms with Gasteiger partial charge in [0.2, 0.25) is 0 Å².